The topological polar surface area (TPSA) is 84.9 Å². The first-order chi connectivity index (χ1) is 15.6. The standard InChI is InChI=1S/C25H25N3O4.Na/c1-32-23-13-7-6-12-22(23)28-16-14-27(15-17-28)21-11-5-4-10-20(21)26-24(29)18-8-2-3-9-19(18)25(30)31;/h2-13H,14-17H2,1H3,(H,26,29)(H,30,31);/q;+1/p-1. The van der Waals surface area contributed by atoms with Crippen molar-refractivity contribution in [2.75, 3.05) is 48.4 Å². The predicted molar refractivity (Wildman–Crippen MR) is 123 cm³/mol. The van der Waals surface area contributed by atoms with Crippen molar-refractivity contribution in [1.29, 1.82) is 0 Å². The van der Waals surface area contributed by atoms with Gasteiger partial charge in [-0.3, -0.25) is 4.79 Å². The fourth-order valence-electron chi connectivity index (χ4n) is 3.98. The van der Waals surface area contributed by atoms with Crippen LogP contribution in [0.3, 0.4) is 0 Å². The second kappa shape index (κ2) is 11.2. The van der Waals surface area contributed by atoms with Gasteiger partial charge in [-0.1, -0.05) is 42.5 Å². The van der Waals surface area contributed by atoms with Gasteiger partial charge in [-0.2, -0.15) is 0 Å². The molecule has 1 aliphatic rings. The number of ether oxygens (including phenoxy) is 1. The Kier molecular flexibility index (Phi) is 8.38. The van der Waals surface area contributed by atoms with E-state index in [1.807, 2.05) is 42.5 Å². The van der Waals surface area contributed by atoms with Gasteiger partial charge in [0.2, 0.25) is 0 Å². The molecule has 1 heterocycles. The van der Waals surface area contributed by atoms with Gasteiger partial charge >= 0.3 is 29.6 Å². The number of rotatable bonds is 6. The Hall–Kier alpha value is -3.00. The molecule has 3 aromatic rings. The SMILES string of the molecule is COc1ccccc1N1CCN(c2ccccc2NC(=O)c2ccccc2C(=O)[O-])CC1.[Na+]. The van der Waals surface area contributed by atoms with Crippen LogP contribution in [0.1, 0.15) is 20.7 Å². The molecule has 0 saturated carbocycles. The number of carboxylic acids is 1. The van der Waals surface area contributed by atoms with Gasteiger partial charge in [-0.05, 0) is 30.3 Å². The molecule has 1 aliphatic heterocycles. The van der Waals surface area contributed by atoms with Gasteiger partial charge in [-0.15, -0.1) is 0 Å². The molecule has 1 saturated heterocycles. The number of aromatic carboxylic acids is 1. The summed E-state index contributed by atoms with van der Waals surface area (Å²) in [5.41, 5.74) is 2.54. The molecule has 0 spiro atoms. The summed E-state index contributed by atoms with van der Waals surface area (Å²) in [5.74, 6) is -1.01. The maximum atomic E-state index is 12.8. The van der Waals surface area contributed by atoms with Crippen LogP contribution >= 0.6 is 0 Å². The van der Waals surface area contributed by atoms with E-state index in [1.54, 1.807) is 19.2 Å². The predicted octanol–water partition coefficient (Wildman–Crippen LogP) is -0.358. The molecule has 0 radical (unpaired) electrons. The third kappa shape index (κ3) is 5.50. The van der Waals surface area contributed by atoms with E-state index >= 15 is 0 Å². The molecule has 8 heteroatoms. The molecule has 4 rings (SSSR count). The summed E-state index contributed by atoms with van der Waals surface area (Å²) in [4.78, 5) is 28.7. The Morgan fingerprint density at radius 1 is 0.788 bits per heavy atom. The van der Waals surface area contributed by atoms with Gasteiger partial charge in [0.15, 0.2) is 0 Å². The average molecular weight is 453 g/mol. The Labute approximate surface area is 215 Å². The number of nitrogens with one attached hydrogen (secondary N) is 1. The number of anilines is 3. The third-order valence-electron chi connectivity index (χ3n) is 5.59. The quantitative estimate of drug-likeness (QED) is 0.514. The summed E-state index contributed by atoms with van der Waals surface area (Å²) in [5, 5.41) is 14.2. The van der Waals surface area contributed by atoms with Crippen molar-refractivity contribution >= 4 is 28.9 Å². The van der Waals surface area contributed by atoms with E-state index in [0.29, 0.717) is 5.69 Å². The van der Waals surface area contributed by atoms with Crippen LogP contribution in [0.25, 0.3) is 0 Å². The fraction of sp³-hybridized carbons (Fsp3) is 0.200. The van der Waals surface area contributed by atoms with Crippen molar-refractivity contribution in [3.63, 3.8) is 0 Å². The van der Waals surface area contributed by atoms with Crippen LogP contribution in [0.15, 0.2) is 72.8 Å². The largest absolute Gasteiger partial charge is 1.00 e. The Balaban J connectivity index is 0.00000306. The summed E-state index contributed by atoms with van der Waals surface area (Å²) < 4.78 is 5.49. The fourth-order valence-corrected chi connectivity index (χ4v) is 3.98. The van der Waals surface area contributed by atoms with Gasteiger partial charge in [0.1, 0.15) is 5.75 Å². The first-order valence-electron chi connectivity index (χ1n) is 10.4. The van der Waals surface area contributed by atoms with Crippen LogP contribution in [0.5, 0.6) is 5.75 Å². The number of nitrogens with zero attached hydrogens (tertiary/aromatic N) is 2. The summed E-state index contributed by atoms with van der Waals surface area (Å²) in [7, 11) is 1.67. The van der Waals surface area contributed by atoms with E-state index in [9.17, 15) is 14.7 Å². The zero-order chi connectivity index (χ0) is 22.5. The second-order valence-corrected chi connectivity index (χ2v) is 7.45. The van der Waals surface area contributed by atoms with Crippen LogP contribution in [0.4, 0.5) is 17.1 Å². The number of hydrogen-bond donors (Lipinski definition) is 1. The van der Waals surface area contributed by atoms with Crippen molar-refractivity contribution in [2.24, 2.45) is 0 Å². The van der Waals surface area contributed by atoms with E-state index in [0.717, 1.165) is 43.3 Å². The molecule has 0 atom stereocenters. The smallest absolute Gasteiger partial charge is 0.545 e. The van der Waals surface area contributed by atoms with Crippen molar-refractivity contribution in [2.45, 2.75) is 0 Å². The molecular formula is C25H24N3NaO4. The molecule has 7 nitrogen and oxygen atoms in total. The van der Waals surface area contributed by atoms with Gasteiger partial charge < -0.3 is 29.8 Å². The zero-order valence-electron chi connectivity index (χ0n) is 18.8. The number of para-hydroxylation sites is 4. The van der Waals surface area contributed by atoms with E-state index in [2.05, 4.69) is 21.2 Å². The summed E-state index contributed by atoms with van der Waals surface area (Å²) in [6.07, 6.45) is 0. The summed E-state index contributed by atoms with van der Waals surface area (Å²) >= 11 is 0. The minimum absolute atomic E-state index is 0. The number of amides is 1. The minimum Gasteiger partial charge on any atom is -0.545 e. The number of methoxy groups -OCH3 is 1. The molecule has 1 N–H and O–H groups in total. The van der Waals surface area contributed by atoms with E-state index in [1.165, 1.54) is 12.1 Å². The number of piperazine rings is 1. The molecule has 33 heavy (non-hydrogen) atoms. The van der Waals surface area contributed by atoms with Gasteiger partial charge in [0.25, 0.3) is 5.91 Å². The normalized spacial score (nSPS) is 13.1. The number of carboxylic acid groups (broad SMARTS) is 1. The third-order valence-corrected chi connectivity index (χ3v) is 5.59. The maximum Gasteiger partial charge on any atom is 1.00 e. The molecule has 1 amide bonds. The number of hydrogen-bond acceptors (Lipinski definition) is 6. The van der Waals surface area contributed by atoms with Crippen LogP contribution in [-0.4, -0.2) is 45.2 Å². The van der Waals surface area contributed by atoms with E-state index in [-0.39, 0.29) is 40.7 Å². The van der Waals surface area contributed by atoms with E-state index < -0.39 is 11.9 Å². The Morgan fingerprint density at radius 2 is 1.30 bits per heavy atom. The Bertz CT molecular complexity index is 1130. The molecule has 0 aliphatic carbocycles. The van der Waals surface area contributed by atoms with Crippen LogP contribution in [-0.2, 0) is 0 Å². The van der Waals surface area contributed by atoms with Crippen molar-refractivity contribution < 1.29 is 49.0 Å². The van der Waals surface area contributed by atoms with E-state index in [4.69, 9.17) is 4.74 Å². The first kappa shape index (κ1) is 24.6. The molecule has 0 aromatic heterocycles. The molecule has 3 aromatic carbocycles. The monoisotopic (exact) mass is 453 g/mol. The minimum atomic E-state index is -1.38. The van der Waals surface area contributed by atoms with Crippen molar-refractivity contribution in [3.8, 4) is 5.75 Å². The first-order valence-corrected chi connectivity index (χ1v) is 10.4. The van der Waals surface area contributed by atoms with Crippen LogP contribution < -0.4 is 54.5 Å². The van der Waals surface area contributed by atoms with Gasteiger partial charge in [0, 0.05) is 37.3 Å². The molecular weight excluding hydrogens is 429 g/mol. The second-order valence-electron chi connectivity index (χ2n) is 7.45. The summed E-state index contributed by atoms with van der Waals surface area (Å²) in [6.45, 7) is 3.13. The molecule has 0 bridgehead atoms. The average Bonchev–Trinajstić information content (AvgIpc) is 2.84. The molecule has 0 unspecified atom stereocenters. The van der Waals surface area contributed by atoms with Gasteiger partial charge in [-0.25, -0.2) is 0 Å². The van der Waals surface area contributed by atoms with Gasteiger partial charge in [0.05, 0.1) is 30.1 Å². The van der Waals surface area contributed by atoms with Crippen LogP contribution in [0, 0.1) is 0 Å². The van der Waals surface area contributed by atoms with Crippen molar-refractivity contribution in [1.82, 2.24) is 0 Å². The van der Waals surface area contributed by atoms with Crippen molar-refractivity contribution in [3.05, 3.63) is 83.9 Å². The van der Waals surface area contributed by atoms with Crippen LogP contribution in [0.2, 0.25) is 0 Å². The maximum absolute atomic E-state index is 12.8. The number of benzene rings is 3. The Morgan fingerprint density at radius 3 is 1.94 bits per heavy atom. The summed E-state index contributed by atoms with van der Waals surface area (Å²) in [6, 6.07) is 21.6. The number of carbonyl (C=O) groups excluding carboxylic acids is 2. The zero-order valence-corrected chi connectivity index (χ0v) is 20.8. The molecule has 1 fully saturated rings. The number of carbonyl (C=O) groups is 2. The molecule has 164 valence electrons.